The molecule has 1 fully saturated rings. The van der Waals surface area contributed by atoms with Crippen molar-refractivity contribution in [2.45, 2.75) is 19.3 Å². The summed E-state index contributed by atoms with van der Waals surface area (Å²) in [5.74, 6) is -0.301. The summed E-state index contributed by atoms with van der Waals surface area (Å²) in [6.45, 7) is 1.61. The van der Waals surface area contributed by atoms with E-state index in [1.807, 2.05) is 47.4 Å². The Labute approximate surface area is 165 Å². The number of nitrogens with one attached hydrogen (secondary N) is 1. The number of hydrogen-bond donors (Lipinski definition) is 1. The molecule has 8 heteroatoms. The van der Waals surface area contributed by atoms with Crippen LogP contribution in [0.3, 0.4) is 0 Å². The van der Waals surface area contributed by atoms with Crippen molar-refractivity contribution < 1.29 is 9.21 Å². The Hall–Kier alpha value is -3.68. The molecule has 1 saturated heterocycles. The average Bonchev–Trinajstić information content (AvgIpc) is 3.40. The van der Waals surface area contributed by atoms with Gasteiger partial charge in [0.2, 0.25) is 5.89 Å². The lowest BCUT2D eigenvalue weighted by Crippen LogP contribution is -2.35. The standard InChI is InChI=1S/C21H19N5O3/c27-20(25-11-2-1-3-12-25)16-13-22-26-17(5-4-6-18(16)26)14-7-9-15(10-8-14)19-23-24-21(28)29-19/h4-10,13H,1-3,11-12H2,(H,24,28). The third-order valence-corrected chi connectivity index (χ3v) is 5.28. The van der Waals surface area contributed by atoms with Crippen molar-refractivity contribution in [2.75, 3.05) is 13.1 Å². The second-order valence-electron chi connectivity index (χ2n) is 7.11. The fourth-order valence-electron chi connectivity index (χ4n) is 3.80. The van der Waals surface area contributed by atoms with Gasteiger partial charge in [-0.05, 0) is 43.5 Å². The van der Waals surface area contributed by atoms with Crippen LogP contribution in [0.1, 0.15) is 29.6 Å². The molecule has 1 aliphatic heterocycles. The minimum atomic E-state index is -0.587. The Bertz CT molecular complexity index is 1230. The van der Waals surface area contributed by atoms with Crippen molar-refractivity contribution in [1.82, 2.24) is 24.7 Å². The Morgan fingerprint density at radius 2 is 1.76 bits per heavy atom. The highest BCUT2D eigenvalue weighted by molar-refractivity contribution is 6.01. The molecule has 4 heterocycles. The van der Waals surface area contributed by atoms with Gasteiger partial charge in [-0.1, -0.05) is 18.2 Å². The van der Waals surface area contributed by atoms with E-state index in [1.165, 1.54) is 6.42 Å². The lowest BCUT2D eigenvalue weighted by molar-refractivity contribution is 0.0726. The Balaban J connectivity index is 1.50. The number of carbonyl (C=O) groups excluding carboxylic acids is 1. The number of carbonyl (C=O) groups is 1. The first-order valence-corrected chi connectivity index (χ1v) is 9.63. The molecule has 0 spiro atoms. The van der Waals surface area contributed by atoms with Gasteiger partial charge in [0.15, 0.2) is 0 Å². The minimum Gasteiger partial charge on any atom is -0.388 e. The molecule has 1 aromatic carbocycles. The van der Waals surface area contributed by atoms with Gasteiger partial charge in [0, 0.05) is 24.2 Å². The van der Waals surface area contributed by atoms with E-state index in [2.05, 4.69) is 15.3 Å². The lowest BCUT2D eigenvalue weighted by atomic mass is 10.1. The molecular weight excluding hydrogens is 370 g/mol. The number of aromatic amines is 1. The topological polar surface area (TPSA) is 96.5 Å². The van der Waals surface area contributed by atoms with E-state index in [9.17, 15) is 9.59 Å². The molecule has 0 saturated carbocycles. The first-order valence-electron chi connectivity index (χ1n) is 9.63. The first-order chi connectivity index (χ1) is 14.2. The molecule has 3 aromatic heterocycles. The monoisotopic (exact) mass is 389 g/mol. The molecule has 0 aliphatic carbocycles. The molecule has 0 radical (unpaired) electrons. The van der Waals surface area contributed by atoms with Crippen molar-refractivity contribution in [3.63, 3.8) is 0 Å². The second kappa shape index (κ2) is 7.05. The normalized spacial score (nSPS) is 14.4. The predicted molar refractivity (Wildman–Crippen MR) is 107 cm³/mol. The number of pyridine rings is 1. The maximum absolute atomic E-state index is 13.0. The number of piperidine rings is 1. The van der Waals surface area contributed by atoms with Gasteiger partial charge in [0.1, 0.15) is 0 Å². The van der Waals surface area contributed by atoms with Crippen LogP contribution in [0.5, 0.6) is 0 Å². The number of likely N-dealkylation sites (tertiary alicyclic amines) is 1. The van der Waals surface area contributed by atoms with Gasteiger partial charge >= 0.3 is 5.76 Å². The van der Waals surface area contributed by atoms with Crippen molar-refractivity contribution >= 4 is 11.4 Å². The number of rotatable bonds is 3. The summed E-state index contributed by atoms with van der Waals surface area (Å²) in [4.78, 5) is 26.0. The molecule has 1 amide bonds. The van der Waals surface area contributed by atoms with Crippen LogP contribution in [0.4, 0.5) is 0 Å². The molecule has 0 atom stereocenters. The van der Waals surface area contributed by atoms with E-state index in [1.54, 1.807) is 10.7 Å². The smallest absolute Gasteiger partial charge is 0.388 e. The molecule has 1 aliphatic rings. The summed E-state index contributed by atoms with van der Waals surface area (Å²) >= 11 is 0. The number of fused-ring (bicyclic) bond motifs is 1. The summed E-state index contributed by atoms with van der Waals surface area (Å²) in [7, 11) is 0. The number of hydrogen-bond acceptors (Lipinski definition) is 5. The van der Waals surface area contributed by atoms with E-state index in [0.717, 1.165) is 42.7 Å². The third-order valence-electron chi connectivity index (χ3n) is 5.28. The fourth-order valence-corrected chi connectivity index (χ4v) is 3.80. The quantitative estimate of drug-likeness (QED) is 0.581. The fraction of sp³-hybridized carbons (Fsp3) is 0.238. The molecule has 5 rings (SSSR count). The maximum atomic E-state index is 13.0. The van der Waals surface area contributed by atoms with Crippen molar-refractivity contribution in [2.24, 2.45) is 0 Å². The van der Waals surface area contributed by atoms with E-state index in [-0.39, 0.29) is 11.8 Å². The maximum Gasteiger partial charge on any atom is 0.434 e. The highest BCUT2D eigenvalue weighted by Gasteiger charge is 2.22. The highest BCUT2D eigenvalue weighted by Crippen LogP contribution is 2.26. The van der Waals surface area contributed by atoms with Gasteiger partial charge in [-0.15, -0.1) is 5.10 Å². The van der Waals surface area contributed by atoms with E-state index in [4.69, 9.17) is 4.42 Å². The van der Waals surface area contributed by atoms with Crippen LogP contribution >= 0.6 is 0 Å². The Kier molecular flexibility index (Phi) is 4.23. The summed E-state index contributed by atoms with van der Waals surface area (Å²) in [5.41, 5.74) is 3.91. The number of amides is 1. The van der Waals surface area contributed by atoms with Gasteiger partial charge in [0.25, 0.3) is 5.91 Å². The Morgan fingerprint density at radius 3 is 2.48 bits per heavy atom. The van der Waals surface area contributed by atoms with Crippen LogP contribution in [0.2, 0.25) is 0 Å². The van der Waals surface area contributed by atoms with Gasteiger partial charge in [0.05, 0.1) is 23.0 Å². The summed E-state index contributed by atoms with van der Waals surface area (Å²) in [6, 6.07) is 13.3. The molecule has 0 bridgehead atoms. The average molecular weight is 389 g/mol. The van der Waals surface area contributed by atoms with Crippen LogP contribution in [-0.4, -0.2) is 43.7 Å². The number of H-pyrrole nitrogens is 1. The Morgan fingerprint density at radius 1 is 1.00 bits per heavy atom. The minimum absolute atomic E-state index is 0.0424. The zero-order chi connectivity index (χ0) is 19.8. The molecule has 0 unspecified atom stereocenters. The third kappa shape index (κ3) is 3.12. The van der Waals surface area contributed by atoms with Gasteiger partial charge < -0.3 is 9.32 Å². The van der Waals surface area contributed by atoms with Crippen LogP contribution in [0.15, 0.2) is 57.9 Å². The van der Waals surface area contributed by atoms with Crippen molar-refractivity contribution in [3.8, 4) is 22.7 Å². The molecule has 8 nitrogen and oxygen atoms in total. The number of aromatic nitrogens is 4. The molecule has 4 aromatic rings. The molecular formula is C21H19N5O3. The van der Waals surface area contributed by atoms with Gasteiger partial charge in [-0.3, -0.25) is 4.79 Å². The lowest BCUT2D eigenvalue weighted by Gasteiger charge is -2.26. The molecule has 146 valence electrons. The predicted octanol–water partition coefficient (Wildman–Crippen LogP) is 2.97. The highest BCUT2D eigenvalue weighted by atomic mass is 16.4. The van der Waals surface area contributed by atoms with E-state index >= 15 is 0 Å². The van der Waals surface area contributed by atoms with E-state index in [0.29, 0.717) is 11.1 Å². The number of nitrogens with zero attached hydrogens (tertiary/aromatic N) is 4. The molecule has 29 heavy (non-hydrogen) atoms. The van der Waals surface area contributed by atoms with Crippen LogP contribution < -0.4 is 5.76 Å². The van der Waals surface area contributed by atoms with Crippen LogP contribution in [-0.2, 0) is 0 Å². The molecule has 1 N–H and O–H groups in total. The van der Waals surface area contributed by atoms with Gasteiger partial charge in [-0.25, -0.2) is 14.4 Å². The van der Waals surface area contributed by atoms with Crippen molar-refractivity contribution in [3.05, 3.63) is 64.8 Å². The zero-order valence-corrected chi connectivity index (χ0v) is 15.7. The van der Waals surface area contributed by atoms with E-state index < -0.39 is 5.76 Å². The second-order valence-corrected chi connectivity index (χ2v) is 7.11. The summed E-state index contributed by atoms with van der Waals surface area (Å²) in [6.07, 6.45) is 4.94. The van der Waals surface area contributed by atoms with Gasteiger partial charge in [-0.2, -0.15) is 5.10 Å². The number of benzene rings is 1. The van der Waals surface area contributed by atoms with Crippen LogP contribution in [0, 0.1) is 0 Å². The SMILES string of the molecule is O=C(c1cnn2c(-c3ccc(-c4n[nH]c(=O)o4)cc3)cccc12)N1CCCCC1. The summed E-state index contributed by atoms with van der Waals surface area (Å²) in [5, 5.41) is 10.6. The first kappa shape index (κ1) is 17.4. The summed E-state index contributed by atoms with van der Waals surface area (Å²) < 4.78 is 6.78. The van der Waals surface area contributed by atoms with Crippen molar-refractivity contribution in [1.29, 1.82) is 0 Å². The zero-order valence-electron chi connectivity index (χ0n) is 15.7. The largest absolute Gasteiger partial charge is 0.434 e. The van der Waals surface area contributed by atoms with Crippen LogP contribution in [0.25, 0.3) is 28.2 Å².